The third kappa shape index (κ3) is 5.34. The van der Waals surface area contributed by atoms with Crippen LogP contribution in [-0.2, 0) is 0 Å². The maximum Gasteiger partial charge on any atom is 0.170 e. The highest BCUT2D eigenvalue weighted by molar-refractivity contribution is 7.80. The van der Waals surface area contributed by atoms with Gasteiger partial charge in [-0.1, -0.05) is 19.8 Å². The van der Waals surface area contributed by atoms with Crippen molar-refractivity contribution >= 4 is 23.0 Å². The monoisotopic (exact) mass is 282 g/mol. The largest absolute Gasteiger partial charge is 0.493 e. The number of anilines is 1. The van der Waals surface area contributed by atoms with Crippen molar-refractivity contribution in [3.05, 3.63) is 18.2 Å². The Morgan fingerprint density at radius 2 is 1.89 bits per heavy atom. The van der Waals surface area contributed by atoms with E-state index in [-0.39, 0.29) is 0 Å². The van der Waals surface area contributed by atoms with Gasteiger partial charge in [0.25, 0.3) is 0 Å². The summed E-state index contributed by atoms with van der Waals surface area (Å²) in [7, 11) is 3.23. The number of hydrogen-bond acceptors (Lipinski definition) is 3. The minimum absolute atomic E-state index is 0.628. The molecule has 0 saturated heterocycles. The van der Waals surface area contributed by atoms with E-state index in [0.717, 1.165) is 18.7 Å². The lowest BCUT2D eigenvalue weighted by Gasteiger charge is -2.13. The number of hydrogen-bond donors (Lipinski definition) is 2. The molecule has 0 aromatic heterocycles. The number of unbranched alkanes of at least 4 members (excludes halogenated alkanes) is 2. The van der Waals surface area contributed by atoms with Crippen molar-refractivity contribution in [2.24, 2.45) is 0 Å². The molecular weight excluding hydrogens is 260 g/mol. The smallest absolute Gasteiger partial charge is 0.170 e. The molecule has 0 amide bonds. The summed E-state index contributed by atoms with van der Waals surface area (Å²) in [6, 6.07) is 5.61. The van der Waals surface area contributed by atoms with Crippen molar-refractivity contribution < 1.29 is 9.47 Å². The normalized spacial score (nSPS) is 9.84. The first-order valence-electron chi connectivity index (χ1n) is 6.48. The van der Waals surface area contributed by atoms with Crippen LogP contribution in [0.15, 0.2) is 18.2 Å². The lowest BCUT2D eigenvalue weighted by atomic mass is 10.2. The van der Waals surface area contributed by atoms with Crippen LogP contribution in [0, 0.1) is 0 Å². The Morgan fingerprint density at radius 3 is 2.53 bits per heavy atom. The van der Waals surface area contributed by atoms with Crippen LogP contribution >= 0.6 is 12.2 Å². The average molecular weight is 282 g/mol. The number of thiocarbonyl (C=S) groups is 1. The van der Waals surface area contributed by atoms with Crippen LogP contribution < -0.4 is 20.1 Å². The predicted molar refractivity (Wildman–Crippen MR) is 83.3 cm³/mol. The Kier molecular flexibility index (Phi) is 7.03. The van der Waals surface area contributed by atoms with Gasteiger partial charge in [0.1, 0.15) is 0 Å². The first-order chi connectivity index (χ1) is 9.21. The first-order valence-corrected chi connectivity index (χ1v) is 6.89. The molecule has 0 aliphatic carbocycles. The molecular formula is C14H22N2O2S. The molecule has 19 heavy (non-hydrogen) atoms. The topological polar surface area (TPSA) is 42.5 Å². The summed E-state index contributed by atoms with van der Waals surface area (Å²) < 4.78 is 10.4. The molecule has 1 rings (SSSR count). The molecule has 1 aromatic carbocycles. The van der Waals surface area contributed by atoms with E-state index in [1.165, 1.54) is 12.8 Å². The van der Waals surface area contributed by atoms with Crippen molar-refractivity contribution in [3.63, 3.8) is 0 Å². The third-order valence-electron chi connectivity index (χ3n) is 2.71. The van der Waals surface area contributed by atoms with Crippen molar-refractivity contribution in [2.45, 2.75) is 26.2 Å². The summed E-state index contributed by atoms with van der Waals surface area (Å²) in [5.74, 6) is 1.39. The van der Waals surface area contributed by atoms with Gasteiger partial charge in [-0.2, -0.15) is 0 Å². The minimum atomic E-state index is 0.628. The molecule has 0 aliphatic rings. The second kappa shape index (κ2) is 8.58. The van der Waals surface area contributed by atoms with Crippen LogP contribution in [-0.4, -0.2) is 25.9 Å². The summed E-state index contributed by atoms with van der Waals surface area (Å²) >= 11 is 5.23. The summed E-state index contributed by atoms with van der Waals surface area (Å²) in [6.07, 6.45) is 3.55. The lowest BCUT2D eigenvalue weighted by molar-refractivity contribution is 0.355. The Labute approximate surface area is 120 Å². The van der Waals surface area contributed by atoms with Crippen LogP contribution in [0.2, 0.25) is 0 Å². The number of rotatable bonds is 7. The molecule has 0 bridgehead atoms. The predicted octanol–water partition coefficient (Wildman–Crippen LogP) is 3.18. The molecule has 0 aliphatic heterocycles. The van der Waals surface area contributed by atoms with Crippen molar-refractivity contribution in [3.8, 4) is 11.5 Å². The van der Waals surface area contributed by atoms with Crippen LogP contribution in [0.25, 0.3) is 0 Å². The van der Waals surface area contributed by atoms with E-state index in [1.807, 2.05) is 18.2 Å². The SMILES string of the molecule is CCCCCNC(=S)Nc1ccc(OC)c(OC)c1. The Morgan fingerprint density at radius 1 is 1.16 bits per heavy atom. The number of ether oxygens (including phenoxy) is 2. The molecule has 1 aromatic rings. The van der Waals surface area contributed by atoms with E-state index < -0.39 is 0 Å². The molecule has 2 N–H and O–H groups in total. The molecule has 4 nitrogen and oxygen atoms in total. The summed E-state index contributed by atoms with van der Waals surface area (Å²) in [4.78, 5) is 0. The Hall–Kier alpha value is -1.49. The fourth-order valence-corrected chi connectivity index (χ4v) is 1.89. The van der Waals surface area contributed by atoms with E-state index in [1.54, 1.807) is 14.2 Å². The standard InChI is InChI=1S/C14H22N2O2S/c1-4-5-6-9-15-14(19)16-11-7-8-12(17-2)13(10-11)18-3/h7-8,10H,4-6,9H2,1-3H3,(H2,15,16,19). The molecule has 0 unspecified atom stereocenters. The van der Waals surface area contributed by atoms with Crippen molar-refractivity contribution in [2.75, 3.05) is 26.1 Å². The zero-order valence-corrected chi connectivity index (χ0v) is 12.6. The Bertz CT molecular complexity index is 410. The number of benzene rings is 1. The van der Waals surface area contributed by atoms with E-state index in [4.69, 9.17) is 21.7 Å². The molecule has 0 spiro atoms. The van der Waals surface area contributed by atoms with Crippen LogP contribution in [0.4, 0.5) is 5.69 Å². The van der Waals surface area contributed by atoms with Gasteiger partial charge < -0.3 is 20.1 Å². The highest BCUT2D eigenvalue weighted by Gasteiger charge is 2.05. The highest BCUT2D eigenvalue weighted by Crippen LogP contribution is 2.29. The number of methoxy groups -OCH3 is 2. The van der Waals surface area contributed by atoms with E-state index in [9.17, 15) is 0 Å². The lowest BCUT2D eigenvalue weighted by Crippen LogP contribution is -2.29. The van der Waals surface area contributed by atoms with Gasteiger partial charge >= 0.3 is 0 Å². The zero-order chi connectivity index (χ0) is 14.1. The van der Waals surface area contributed by atoms with Gasteiger partial charge in [-0.15, -0.1) is 0 Å². The molecule has 106 valence electrons. The van der Waals surface area contributed by atoms with Crippen LogP contribution in [0.3, 0.4) is 0 Å². The van der Waals surface area contributed by atoms with Gasteiger partial charge in [-0.3, -0.25) is 0 Å². The molecule has 0 heterocycles. The van der Waals surface area contributed by atoms with Crippen molar-refractivity contribution in [1.29, 1.82) is 0 Å². The first kappa shape index (κ1) is 15.6. The van der Waals surface area contributed by atoms with Gasteiger partial charge in [0.05, 0.1) is 14.2 Å². The fourth-order valence-electron chi connectivity index (χ4n) is 1.67. The van der Waals surface area contributed by atoms with Gasteiger partial charge in [0.2, 0.25) is 0 Å². The molecule has 0 radical (unpaired) electrons. The van der Waals surface area contributed by atoms with E-state index in [0.29, 0.717) is 16.6 Å². The quantitative estimate of drug-likeness (QED) is 0.594. The van der Waals surface area contributed by atoms with Crippen molar-refractivity contribution in [1.82, 2.24) is 5.32 Å². The second-order valence-electron chi connectivity index (χ2n) is 4.16. The van der Waals surface area contributed by atoms with E-state index in [2.05, 4.69) is 17.6 Å². The maximum absolute atomic E-state index is 5.24. The Balaban J connectivity index is 2.50. The summed E-state index contributed by atoms with van der Waals surface area (Å²) in [5, 5.41) is 6.94. The average Bonchev–Trinajstić information content (AvgIpc) is 2.43. The van der Waals surface area contributed by atoms with Crippen LogP contribution in [0.5, 0.6) is 11.5 Å². The summed E-state index contributed by atoms with van der Waals surface area (Å²) in [6.45, 7) is 3.08. The van der Waals surface area contributed by atoms with Gasteiger partial charge in [0, 0.05) is 18.3 Å². The molecule has 0 saturated carbocycles. The zero-order valence-electron chi connectivity index (χ0n) is 11.8. The van der Waals surface area contributed by atoms with Gasteiger partial charge in [-0.05, 0) is 30.8 Å². The number of nitrogens with one attached hydrogen (secondary N) is 2. The highest BCUT2D eigenvalue weighted by atomic mass is 32.1. The second-order valence-corrected chi connectivity index (χ2v) is 4.57. The summed E-state index contributed by atoms with van der Waals surface area (Å²) in [5.41, 5.74) is 0.880. The fraction of sp³-hybridized carbons (Fsp3) is 0.500. The van der Waals surface area contributed by atoms with Gasteiger partial charge in [-0.25, -0.2) is 0 Å². The molecule has 5 heteroatoms. The van der Waals surface area contributed by atoms with Gasteiger partial charge in [0.15, 0.2) is 16.6 Å². The van der Waals surface area contributed by atoms with E-state index >= 15 is 0 Å². The maximum atomic E-state index is 5.24. The van der Waals surface area contributed by atoms with Crippen LogP contribution in [0.1, 0.15) is 26.2 Å². The minimum Gasteiger partial charge on any atom is -0.493 e. The third-order valence-corrected chi connectivity index (χ3v) is 2.95. The molecule has 0 fully saturated rings. The molecule has 0 atom stereocenters.